The fourth-order valence-corrected chi connectivity index (χ4v) is 2.78. The summed E-state index contributed by atoms with van der Waals surface area (Å²) in [6, 6.07) is 7.49. The lowest BCUT2D eigenvalue weighted by Gasteiger charge is -2.26. The topological polar surface area (TPSA) is 73.6 Å². The monoisotopic (exact) mass is 278 g/mol. The first kappa shape index (κ1) is 14.7. The zero-order valence-corrected chi connectivity index (χ0v) is 12.0. The van der Waals surface area contributed by atoms with Crippen LogP contribution in [0.1, 0.15) is 26.2 Å². The largest absolute Gasteiger partial charge is 0.497 e. The highest BCUT2D eigenvalue weighted by Gasteiger charge is 2.44. The maximum Gasteiger partial charge on any atom is 0.237 e. The lowest BCUT2D eigenvalue weighted by Crippen LogP contribution is -2.54. The highest BCUT2D eigenvalue weighted by atomic mass is 16.5. The van der Waals surface area contributed by atoms with Gasteiger partial charge in [-0.15, -0.1) is 0 Å². The number of ether oxygens (including phenoxy) is 2. The van der Waals surface area contributed by atoms with Gasteiger partial charge in [-0.2, -0.15) is 0 Å². The Balaban J connectivity index is 2.03. The van der Waals surface area contributed by atoms with Crippen LogP contribution in [0, 0.1) is 0 Å². The van der Waals surface area contributed by atoms with Crippen LogP contribution >= 0.6 is 0 Å². The van der Waals surface area contributed by atoms with Crippen LogP contribution < -0.4 is 20.5 Å². The highest BCUT2D eigenvalue weighted by Crippen LogP contribution is 2.33. The van der Waals surface area contributed by atoms with Gasteiger partial charge < -0.3 is 20.5 Å². The van der Waals surface area contributed by atoms with Gasteiger partial charge in [0.2, 0.25) is 5.91 Å². The minimum absolute atomic E-state index is 0.00587. The summed E-state index contributed by atoms with van der Waals surface area (Å²) in [4.78, 5) is 11.7. The lowest BCUT2D eigenvalue weighted by molar-refractivity contribution is -0.124. The average Bonchev–Trinajstić information content (AvgIpc) is 2.84. The molecule has 2 atom stereocenters. The Morgan fingerprint density at radius 3 is 2.90 bits per heavy atom. The summed E-state index contributed by atoms with van der Waals surface area (Å²) in [5, 5.41) is 3.22. The van der Waals surface area contributed by atoms with E-state index >= 15 is 0 Å². The number of benzene rings is 1. The summed E-state index contributed by atoms with van der Waals surface area (Å²) in [6.45, 7) is 2.69. The first-order valence-corrected chi connectivity index (χ1v) is 6.95. The molecule has 0 aliphatic heterocycles. The third-order valence-corrected chi connectivity index (χ3v) is 3.80. The van der Waals surface area contributed by atoms with Crippen molar-refractivity contribution in [1.29, 1.82) is 0 Å². The molecule has 0 spiro atoms. The number of hydrogen-bond donors (Lipinski definition) is 2. The van der Waals surface area contributed by atoms with Crippen LogP contribution in [0.25, 0.3) is 0 Å². The molecule has 2 rings (SSSR count). The van der Waals surface area contributed by atoms with Gasteiger partial charge in [0, 0.05) is 12.5 Å². The first-order chi connectivity index (χ1) is 9.59. The molecule has 1 aromatic carbocycles. The van der Waals surface area contributed by atoms with Crippen LogP contribution in [0.5, 0.6) is 11.5 Å². The summed E-state index contributed by atoms with van der Waals surface area (Å²) in [5.41, 5.74) is 4.92. The van der Waals surface area contributed by atoms with Crippen LogP contribution in [0.4, 0.5) is 0 Å². The fourth-order valence-electron chi connectivity index (χ4n) is 2.78. The standard InChI is InChI=1S/C15H22N2O3/c1-3-17-15(14(16)18)8-7-13(10-15)20-12-6-4-5-11(9-12)19-2/h4-6,9,13,17H,3,7-8,10H2,1-2H3,(H2,16,18). The number of primary amides is 1. The van der Waals surface area contributed by atoms with Crippen LogP contribution in [-0.4, -0.2) is 31.2 Å². The van der Waals surface area contributed by atoms with E-state index in [0.717, 1.165) is 24.5 Å². The summed E-state index contributed by atoms with van der Waals surface area (Å²) in [7, 11) is 1.62. The summed E-state index contributed by atoms with van der Waals surface area (Å²) >= 11 is 0. The van der Waals surface area contributed by atoms with Crippen molar-refractivity contribution in [3.8, 4) is 11.5 Å². The van der Waals surface area contributed by atoms with Gasteiger partial charge in [0.15, 0.2) is 0 Å². The van der Waals surface area contributed by atoms with E-state index in [1.165, 1.54) is 0 Å². The van der Waals surface area contributed by atoms with Gasteiger partial charge >= 0.3 is 0 Å². The summed E-state index contributed by atoms with van der Waals surface area (Å²) in [5.74, 6) is 1.22. The molecule has 1 aliphatic carbocycles. The third kappa shape index (κ3) is 3.04. The Hall–Kier alpha value is -1.75. The molecule has 1 aliphatic rings. The number of hydrogen-bond acceptors (Lipinski definition) is 4. The van der Waals surface area contributed by atoms with E-state index in [2.05, 4.69) is 5.32 Å². The molecule has 3 N–H and O–H groups in total. The molecule has 110 valence electrons. The van der Waals surface area contributed by atoms with E-state index in [4.69, 9.17) is 15.2 Å². The van der Waals surface area contributed by atoms with Gasteiger partial charge in [-0.1, -0.05) is 13.0 Å². The van der Waals surface area contributed by atoms with Crippen LogP contribution in [0.15, 0.2) is 24.3 Å². The SMILES string of the molecule is CCNC1(C(N)=O)CCC(Oc2cccc(OC)c2)C1. The Bertz CT molecular complexity index is 478. The Kier molecular flexibility index (Phi) is 4.49. The summed E-state index contributed by atoms with van der Waals surface area (Å²) in [6.07, 6.45) is 2.12. The van der Waals surface area contributed by atoms with E-state index in [1.54, 1.807) is 7.11 Å². The second-order valence-electron chi connectivity index (χ2n) is 5.14. The minimum atomic E-state index is -0.627. The molecule has 1 aromatic rings. The number of likely N-dealkylation sites (N-methyl/N-ethyl adjacent to an activating group) is 1. The van der Waals surface area contributed by atoms with E-state index in [-0.39, 0.29) is 12.0 Å². The molecular weight excluding hydrogens is 256 g/mol. The van der Waals surface area contributed by atoms with Gasteiger partial charge in [-0.25, -0.2) is 0 Å². The van der Waals surface area contributed by atoms with Crippen molar-refractivity contribution in [2.45, 2.75) is 37.8 Å². The van der Waals surface area contributed by atoms with Crippen molar-refractivity contribution < 1.29 is 14.3 Å². The predicted molar refractivity (Wildman–Crippen MR) is 76.9 cm³/mol. The van der Waals surface area contributed by atoms with E-state index in [1.807, 2.05) is 31.2 Å². The number of rotatable bonds is 6. The number of carbonyl (C=O) groups is 1. The van der Waals surface area contributed by atoms with Crippen molar-refractivity contribution in [3.63, 3.8) is 0 Å². The summed E-state index contributed by atoms with van der Waals surface area (Å²) < 4.78 is 11.1. The molecule has 5 heteroatoms. The van der Waals surface area contributed by atoms with Crippen LogP contribution in [-0.2, 0) is 4.79 Å². The molecule has 2 unspecified atom stereocenters. The van der Waals surface area contributed by atoms with E-state index in [0.29, 0.717) is 12.8 Å². The van der Waals surface area contributed by atoms with E-state index in [9.17, 15) is 4.79 Å². The van der Waals surface area contributed by atoms with Gasteiger partial charge in [0.1, 0.15) is 23.1 Å². The van der Waals surface area contributed by atoms with Gasteiger partial charge in [-0.3, -0.25) is 4.79 Å². The minimum Gasteiger partial charge on any atom is -0.497 e. The fraction of sp³-hybridized carbons (Fsp3) is 0.533. The van der Waals surface area contributed by atoms with Crippen molar-refractivity contribution in [2.75, 3.05) is 13.7 Å². The van der Waals surface area contributed by atoms with Crippen molar-refractivity contribution >= 4 is 5.91 Å². The van der Waals surface area contributed by atoms with Crippen molar-refractivity contribution in [3.05, 3.63) is 24.3 Å². The molecule has 1 amide bonds. The Labute approximate surface area is 119 Å². The maximum atomic E-state index is 11.7. The van der Waals surface area contributed by atoms with Gasteiger partial charge in [-0.05, 0) is 31.5 Å². The second kappa shape index (κ2) is 6.13. The first-order valence-electron chi connectivity index (χ1n) is 6.95. The molecule has 0 saturated heterocycles. The second-order valence-corrected chi connectivity index (χ2v) is 5.14. The number of nitrogens with two attached hydrogens (primary N) is 1. The molecule has 20 heavy (non-hydrogen) atoms. The number of methoxy groups -OCH3 is 1. The van der Waals surface area contributed by atoms with Gasteiger partial charge in [0.25, 0.3) is 0 Å². The zero-order chi connectivity index (χ0) is 14.6. The van der Waals surface area contributed by atoms with Gasteiger partial charge in [0.05, 0.1) is 7.11 Å². The molecule has 5 nitrogen and oxygen atoms in total. The third-order valence-electron chi connectivity index (χ3n) is 3.80. The molecule has 0 aromatic heterocycles. The molecule has 0 radical (unpaired) electrons. The smallest absolute Gasteiger partial charge is 0.237 e. The molecule has 1 fully saturated rings. The van der Waals surface area contributed by atoms with Crippen molar-refractivity contribution in [1.82, 2.24) is 5.32 Å². The quantitative estimate of drug-likeness (QED) is 0.826. The zero-order valence-electron chi connectivity index (χ0n) is 12.0. The maximum absolute atomic E-state index is 11.7. The number of amides is 1. The molecule has 0 bridgehead atoms. The number of carbonyl (C=O) groups excluding carboxylic acids is 1. The van der Waals surface area contributed by atoms with Crippen molar-refractivity contribution in [2.24, 2.45) is 5.73 Å². The normalized spacial score (nSPS) is 25.4. The van der Waals surface area contributed by atoms with Crippen LogP contribution in [0.3, 0.4) is 0 Å². The Morgan fingerprint density at radius 1 is 1.50 bits per heavy atom. The molecular formula is C15H22N2O3. The van der Waals surface area contributed by atoms with Crippen LogP contribution in [0.2, 0.25) is 0 Å². The lowest BCUT2D eigenvalue weighted by atomic mass is 9.96. The molecule has 1 saturated carbocycles. The predicted octanol–water partition coefficient (Wildman–Crippen LogP) is 1.46. The molecule has 0 heterocycles. The highest BCUT2D eigenvalue weighted by molar-refractivity contribution is 5.85. The van der Waals surface area contributed by atoms with E-state index < -0.39 is 5.54 Å². The Morgan fingerprint density at radius 2 is 2.25 bits per heavy atom. The number of nitrogens with one attached hydrogen (secondary N) is 1. The average molecular weight is 278 g/mol.